The number of hydrogen-bond donors (Lipinski definition) is 1. The van der Waals surface area contributed by atoms with Crippen molar-refractivity contribution in [2.45, 2.75) is 0 Å². The Morgan fingerprint density at radius 1 is 1.62 bits per heavy atom. The van der Waals surface area contributed by atoms with E-state index in [4.69, 9.17) is 10.2 Å². The third-order valence-electron chi connectivity index (χ3n) is 2.06. The third kappa shape index (κ3) is 1.95. The fraction of sp³-hybridized carbons (Fsp3) is 0.200. The van der Waals surface area contributed by atoms with Gasteiger partial charge in [0.05, 0.1) is 0 Å². The van der Waals surface area contributed by atoms with Gasteiger partial charge in [-0.1, -0.05) is 0 Å². The molecule has 0 unspecified atom stereocenters. The fourth-order valence-corrected chi connectivity index (χ4v) is 1.35. The summed E-state index contributed by atoms with van der Waals surface area (Å²) in [5.74, 6) is -0.874. The molecule has 0 aliphatic rings. The van der Waals surface area contributed by atoms with Gasteiger partial charge in [-0.15, -0.1) is 0 Å². The zero-order valence-corrected chi connectivity index (χ0v) is 8.61. The van der Waals surface area contributed by atoms with Crippen LogP contribution in [0.5, 0.6) is 0 Å². The van der Waals surface area contributed by atoms with Crippen LogP contribution in [0.25, 0.3) is 11.1 Å². The van der Waals surface area contributed by atoms with Crippen molar-refractivity contribution in [3.05, 3.63) is 24.0 Å². The summed E-state index contributed by atoms with van der Waals surface area (Å²) in [6, 6.07) is 4.27. The van der Waals surface area contributed by atoms with Crippen LogP contribution < -0.4 is 10.6 Å². The second-order valence-electron chi connectivity index (χ2n) is 3.43. The van der Waals surface area contributed by atoms with Crippen LogP contribution in [-0.2, 0) is 4.79 Å². The highest BCUT2D eigenvalue weighted by Crippen LogP contribution is 2.21. The van der Waals surface area contributed by atoms with Crippen molar-refractivity contribution in [2.24, 2.45) is 5.73 Å². The zero-order valence-electron chi connectivity index (χ0n) is 8.61. The first kappa shape index (κ1) is 10.4. The zero-order chi connectivity index (χ0) is 11.7. The van der Waals surface area contributed by atoms with E-state index in [1.807, 2.05) is 0 Å². The van der Waals surface area contributed by atoms with Gasteiger partial charge in [0.1, 0.15) is 17.9 Å². The number of nitrogens with two attached hydrogens (primary N) is 1. The summed E-state index contributed by atoms with van der Waals surface area (Å²) in [5, 5.41) is 0. The van der Waals surface area contributed by atoms with Crippen LogP contribution in [0.2, 0.25) is 0 Å². The molecule has 0 aliphatic heterocycles. The molecule has 0 bridgehead atoms. The van der Waals surface area contributed by atoms with E-state index in [1.165, 1.54) is 23.1 Å². The van der Waals surface area contributed by atoms with Crippen molar-refractivity contribution >= 4 is 23.0 Å². The number of benzene rings is 1. The number of likely N-dealkylation sites (N-methyl/N-ethyl adjacent to an activating group) is 1. The maximum absolute atomic E-state index is 12.9. The Bertz CT molecular complexity index is 538. The maximum atomic E-state index is 12.9. The van der Waals surface area contributed by atoms with Crippen LogP contribution in [0.1, 0.15) is 0 Å². The molecule has 0 saturated carbocycles. The number of amides is 1. The molecule has 2 rings (SSSR count). The lowest BCUT2D eigenvalue weighted by molar-refractivity contribution is -0.116. The SMILES string of the molecule is CN(CC(N)=O)c1nc2cc(F)ccc2o1. The van der Waals surface area contributed by atoms with Gasteiger partial charge in [0.25, 0.3) is 6.01 Å². The number of aromatic nitrogens is 1. The smallest absolute Gasteiger partial charge is 0.298 e. The van der Waals surface area contributed by atoms with E-state index >= 15 is 0 Å². The molecule has 1 aromatic heterocycles. The fourth-order valence-electron chi connectivity index (χ4n) is 1.35. The quantitative estimate of drug-likeness (QED) is 0.838. The molecule has 2 aromatic rings. The Labute approximate surface area is 90.6 Å². The molecule has 2 N–H and O–H groups in total. The van der Waals surface area contributed by atoms with Crippen molar-refractivity contribution in [2.75, 3.05) is 18.5 Å². The number of hydrogen-bond acceptors (Lipinski definition) is 4. The highest BCUT2D eigenvalue weighted by atomic mass is 19.1. The number of carbonyl (C=O) groups excluding carboxylic acids is 1. The highest BCUT2D eigenvalue weighted by molar-refractivity contribution is 5.80. The monoisotopic (exact) mass is 223 g/mol. The number of rotatable bonds is 3. The molecule has 6 heteroatoms. The molecule has 0 aliphatic carbocycles. The van der Waals surface area contributed by atoms with Gasteiger partial charge in [0.2, 0.25) is 5.91 Å². The van der Waals surface area contributed by atoms with Crippen LogP contribution in [0.3, 0.4) is 0 Å². The summed E-state index contributed by atoms with van der Waals surface area (Å²) >= 11 is 0. The summed E-state index contributed by atoms with van der Waals surface area (Å²) in [6.07, 6.45) is 0. The van der Waals surface area contributed by atoms with Gasteiger partial charge in [-0.2, -0.15) is 4.98 Å². The van der Waals surface area contributed by atoms with Crippen LogP contribution >= 0.6 is 0 Å². The minimum absolute atomic E-state index is 0.00466. The molecule has 1 heterocycles. The topological polar surface area (TPSA) is 72.4 Å². The summed E-state index contributed by atoms with van der Waals surface area (Å²) in [7, 11) is 1.62. The van der Waals surface area contributed by atoms with Crippen molar-refractivity contribution in [1.82, 2.24) is 4.98 Å². The van der Waals surface area contributed by atoms with Gasteiger partial charge < -0.3 is 15.1 Å². The first-order chi connectivity index (χ1) is 7.56. The van der Waals surface area contributed by atoms with Crippen LogP contribution in [-0.4, -0.2) is 24.5 Å². The van der Waals surface area contributed by atoms with Gasteiger partial charge in [0.15, 0.2) is 5.58 Å². The molecule has 0 fully saturated rings. The number of carbonyl (C=O) groups is 1. The van der Waals surface area contributed by atoms with Crippen molar-refractivity contribution in [3.63, 3.8) is 0 Å². The molecule has 1 amide bonds. The van der Waals surface area contributed by atoms with E-state index in [1.54, 1.807) is 7.05 Å². The first-order valence-corrected chi connectivity index (χ1v) is 4.62. The highest BCUT2D eigenvalue weighted by Gasteiger charge is 2.12. The van der Waals surface area contributed by atoms with E-state index < -0.39 is 5.91 Å². The van der Waals surface area contributed by atoms with Gasteiger partial charge in [0, 0.05) is 13.1 Å². The average Bonchev–Trinajstić information content (AvgIpc) is 2.59. The molecular formula is C10H10FN3O2. The van der Waals surface area contributed by atoms with Crippen LogP contribution in [0, 0.1) is 5.82 Å². The largest absolute Gasteiger partial charge is 0.423 e. The lowest BCUT2D eigenvalue weighted by atomic mass is 10.3. The Morgan fingerprint density at radius 2 is 2.38 bits per heavy atom. The first-order valence-electron chi connectivity index (χ1n) is 4.62. The Morgan fingerprint density at radius 3 is 3.06 bits per heavy atom. The van der Waals surface area contributed by atoms with Gasteiger partial charge in [-0.25, -0.2) is 4.39 Å². The van der Waals surface area contributed by atoms with Crippen LogP contribution in [0.15, 0.2) is 22.6 Å². The van der Waals surface area contributed by atoms with E-state index in [0.717, 1.165) is 0 Å². The lowest BCUT2D eigenvalue weighted by Crippen LogP contribution is -2.30. The van der Waals surface area contributed by atoms with E-state index in [0.29, 0.717) is 11.1 Å². The van der Waals surface area contributed by atoms with Crippen molar-refractivity contribution < 1.29 is 13.6 Å². The van der Waals surface area contributed by atoms with Gasteiger partial charge in [-0.05, 0) is 12.1 Å². The molecule has 84 valence electrons. The molecular weight excluding hydrogens is 213 g/mol. The average molecular weight is 223 g/mol. The summed E-state index contributed by atoms with van der Waals surface area (Å²) in [4.78, 5) is 16.2. The summed E-state index contributed by atoms with van der Waals surface area (Å²) in [5.41, 5.74) is 5.91. The van der Waals surface area contributed by atoms with Crippen molar-refractivity contribution in [1.29, 1.82) is 0 Å². The summed E-state index contributed by atoms with van der Waals surface area (Å²) in [6.45, 7) is -0.00466. The molecule has 1 aromatic carbocycles. The molecule has 0 atom stereocenters. The second kappa shape index (κ2) is 3.80. The Kier molecular flexibility index (Phi) is 2.47. The third-order valence-corrected chi connectivity index (χ3v) is 2.06. The van der Waals surface area contributed by atoms with Gasteiger partial charge in [-0.3, -0.25) is 4.79 Å². The van der Waals surface area contributed by atoms with E-state index in [9.17, 15) is 9.18 Å². The maximum Gasteiger partial charge on any atom is 0.298 e. The number of nitrogens with zero attached hydrogens (tertiary/aromatic N) is 2. The lowest BCUT2D eigenvalue weighted by Gasteiger charge is -2.10. The second-order valence-corrected chi connectivity index (χ2v) is 3.43. The van der Waals surface area contributed by atoms with Crippen LogP contribution in [0.4, 0.5) is 10.4 Å². The minimum Gasteiger partial charge on any atom is -0.423 e. The van der Waals surface area contributed by atoms with E-state index in [-0.39, 0.29) is 18.4 Å². The van der Waals surface area contributed by atoms with Crippen molar-refractivity contribution in [3.8, 4) is 0 Å². The Hall–Kier alpha value is -2.11. The molecule has 0 saturated heterocycles. The predicted octanol–water partition coefficient (Wildman–Crippen LogP) is 0.888. The van der Waals surface area contributed by atoms with Gasteiger partial charge >= 0.3 is 0 Å². The number of anilines is 1. The number of halogens is 1. The molecule has 0 radical (unpaired) electrons. The minimum atomic E-state index is -0.490. The number of primary amides is 1. The molecule has 5 nitrogen and oxygen atoms in total. The number of oxazole rings is 1. The normalized spacial score (nSPS) is 10.6. The molecule has 0 spiro atoms. The standard InChI is InChI=1S/C10H10FN3O2/c1-14(5-9(12)15)10-13-7-4-6(11)2-3-8(7)16-10/h2-4H,5H2,1H3,(H2,12,15). The summed E-state index contributed by atoms with van der Waals surface area (Å²) < 4.78 is 18.2. The van der Waals surface area contributed by atoms with E-state index in [2.05, 4.69) is 4.98 Å². The predicted molar refractivity (Wildman–Crippen MR) is 56.4 cm³/mol. The number of fused-ring (bicyclic) bond motifs is 1. The molecule has 16 heavy (non-hydrogen) atoms. The Balaban J connectivity index is 2.35.